The van der Waals surface area contributed by atoms with E-state index in [-0.39, 0.29) is 11.8 Å². The van der Waals surface area contributed by atoms with Gasteiger partial charge in [0, 0.05) is 29.9 Å². The van der Waals surface area contributed by atoms with E-state index in [2.05, 4.69) is 12.2 Å². The summed E-state index contributed by atoms with van der Waals surface area (Å²) in [6, 6.07) is 15.0. The molecule has 0 unspecified atom stereocenters. The van der Waals surface area contributed by atoms with Crippen LogP contribution >= 0.6 is 0 Å². The molecule has 2 aromatic carbocycles. The summed E-state index contributed by atoms with van der Waals surface area (Å²) in [5.74, 6) is 0.0375. The van der Waals surface area contributed by atoms with Gasteiger partial charge in [0.1, 0.15) is 0 Å². The predicted octanol–water partition coefficient (Wildman–Crippen LogP) is 3.63. The predicted molar refractivity (Wildman–Crippen MR) is 91.8 cm³/mol. The number of nitrogens with one attached hydrogen (secondary N) is 1. The molecule has 23 heavy (non-hydrogen) atoms. The van der Waals surface area contributed by atoms with Crippen LogP contribution < -0.4 is 10.2 Å². The number of hydrogen-bond acceptors (Lipinski definition) is 2. The lowest BCUT2D eigenvalue weighted by Gasteiger charge is -2.16. The quantitative estimate of drug-likeness (QED) is 0.937. The second kappa shape index (κ2) is 6.65. The van der Waals surface area contributed by atoms with Crippen LogP contribution in [0.5, 0.6) is 0 Å². The highest BCUT2D eigenvalue weighted by molar-refractivity contribution is 6.04. The lowest BCUT2D eigenvalue weighted by molar-refractivity contribution is -0.117. The zero-order valence-electron chi connectivity index (χ0n) is 13.2. The molecule has 0 aliphatic carbocycles. The molecule has 0 atom stereocenters. The molecule has 1 heterocycles. The highest BCUT2D eigenvalue weighted by atomic mass is 16.2. The first-order valence-corrected chi connectivity index (χ1v) is 7.98. The normalized spacial score (nSPS) is 14.1. The van der Waals surface area contributed by atoms with E-state index in [1.54, 1.807) is 4.90 Å². The Hall–Kier alpha value is -2.62. The highest BCUT2D eigenvalue weighted by Gasteiger charge is 2.21. The van der Waals surface area contributed by atoms with E-state index in [4.69, 9.17) is 0 Å². The number of hydrogen-bond donors (Lipinski definition) is 1. The topological polar surface area (TPSA) is 49.4 Å². The van der Waals surface area contributed by atoms with Crippen molar-refractivity contribution in [2.75, 3.05) is 16.8 Å². The van der Waals surface area contributed by atoms with Crippen LogP contribution in [-0.2, 0) is 11.2 Å². The fourth-order valence-electron chi connectivity index (χ4n) is 2.74. The summed E-state index contributed by atoms with van der Waals surface area (Å²) in [5.41, 5.74) is 3.46. The molecule has 0 bridgehead atoms. The highest BCUT2D eigenvalue weighted by Crippen LogP contribution is 2.23. The van der Waals surface area contributed by atoms with Gasteiger partial charge in [-0.3, -0.25) is 9.59 Å². The van der Waals surface area contributed by atoms with Crippen molar-refractivity contribution in [3.05, 3.63) is 59.7 Å². The molecular weight excluding hydrogens is 288 g/mol. The summed E-state index contributed by atoms with van der Waals surface area (Å²) in [4.78, 5) is 25.7. The Labute approximate surface area is 136 Å². The van der Waals surface area contributed by atoms with Crippen molar-refractivity contribution in [2.24, 2.45) is 0 Å². The van der Waals surface area contributed by atoms with E-state index >= 15 is 0 Å². The van der Waals surface area contributed by atoms with Gasteiger partial charge in [-0.05, 0) is 54.8 Å². The number of carbonyl (C=O) groups is 2. The molecule has 4 heteroatoms. The molecule has 0 spiro atoms. The monoisotopic (exact) mass is 308 g/mol. The first-order valence-electron chi connectivity index (χ1n) is 7.98. The molecule has 1 saturated heterocycles. The number of nitrogens with zero attached hydrogens (tertiary/aromatic N) is 1. The first kappa shape index (κ1) is 15.3. The van der Waals surface area contributed by atoms with E-state index in [0.29, 0.717) is 12.0 Å². The van der Waals surface area contributed by atoms with Crippen LogP contribution in [0.25, 0.3) is 0 Å². The third-order valence-electron chi connectivity index (χ3n) is 4.13. The van der Waals surface area contributed by atoms with Gasteiger partial charge < -0.3 is 10.2 Å². The maximum atomic E-state index is 12.2. The number of amides is 2. The lowest BCUT2D eigenvalue weighted by atomic mass is 10.1. The number of anilines is 2. The third-order valence-corrected chi connectivity index (χ3v) is 4.13. The van der Waals surface area contributed by atoms with Crippen molar-refractivity contribution in [3.63, 3.8) is 0 Å². The van der Waals surface area contributed by atoms with E-state index in [0.717, 1.165) is 30.8 Å². The average molecular weight is 308 g/mol. The summed E-state index contributed by atoms with van der Waals surface area (Å²) < 4.78 is 0. The first-order chi connectivity index (χ1) is 11.2. The molecule has 1 aliphatic rings. The van der Waals surface area contributed by atoms with Crippen LogP contribution in [0.15, 0.2) is 48.5 Å². The van der Waals surface area contributed by atoms with Crippen molar-refractivity contribution in [1.29, 1.82) is 0 Å². The van der Waals surface area contributed by atoms with Crippen LogP contribution in [0.4, 0.5) is 11.4 Å². The molecule has 3 rings (SSSR count). The molecule has 1 N–H and O–H groups in total. The summed E-state index contributed by atoms with van der Waals surface area (Å²) >= 11 is 0. The van der Waals surface area contributed by atoms with E-state index in [9.17, 15) is 9.59 Å². The van der Waals surface area contributed by atoms with E-state index < -0.39 is 0 Å². The Morgan fingerprint density at radius 3 is 2.35 bits per heavy atom. The minimum atomic E-state index is -0.127. The van der Waals surface area contributed by atoms with Crippen LogP contribution in [-0.4, -0.2) is 18.4 Å². The van der Waals surface area contributed by atoms with Crippen LogP contribution in [0, 0.1) is 0 Å². The summed E-state index contributed by atoms with van der Waals surface area (Å²) in [7, 11) is 0. The largest absolute Gasteiger partial charge is 0.322 e. The number of rotatable bonds is 4. The van der Waals surface area contributed by atoms with Crippen LogP contribution in [0.2, 0.25) is 0 Å². The molecular formula is C19H20N2O2. The standard InChI is InChI=1S/C19H20N2O2/c1-2-14-5-7-15(8-6-14)19(23)20-16-9-11-17(12-10-16)21-13-3-4-18(21)22/h5-12H,2-4,13H2,1H3,(H,20,23). The van der Waals surface area contributed by atoms with Gasteiger partial charge in [0.2, 0.25) is 5.91 Å². The van der Waals surface area contributed by atoms with Crippen molar-refractivity contribution >= 4 is 23.2 Å². The minimum Gasteiger partial charge on any atom is -0.322 e. The Bertz CT molecular complexity index is 705. The molecule has 2 aromatic rings. The molecule has 1 fully saturated rings. The van der Waals surface area contributed by atoms with Crippen LogP contribution in [0.1, 0.15) is 35.7 Å². The Kier molecular flexibility index (Phi) is 4.42. The Morgan fingerprint density at radius 1 is 1.09 bits per heavy atom. The summed E-state index contributed by atoms with van der Waals surface area (Å²) in [5, 5.41) is 2.88. The Balaban J connectivity index is 1.67. The Morgan fingerprint density at radius 2 is 1.78 bits per heavy atom. The van der Waals surface area contributed by atoms with Crippen molar-refractivity contribution in [3.8, 4) is 0 Å². The maximum absolute atomic E-state index is 12.2. The van der Waals surface area contributed by atoms with Crippen molar-refractivity contribution in [2.45, 2.75) is 26.2 Å². The smallest absolute Gasteiger partial charge is 0.255 e. The van der Waals surface area contributed by atoms with Gasteiger partial charge in [0.15, 0.2) is 0 Å². The zero-order chi connectivity index (χ0) is 16.2. The molecule has 4 nitrogen and oxygen atoms in total. The fourth-order valence-corrected chi connectivity index (χ4v) is 2.74. The van der Waals surface area contributed by atoms with Gasteiger partial charge in [-0.25, -0.2) is 0 Å². The SMILES string of the molecule is CCc1ccc(C(=O)Nc2ccc(N3CCCC3=O)cc2)cc1. The van der Waals surface area contributed by atoms with Gasteiger partial charge in [0.05, 0.1) is 0 Å². The van der Waals surface area contributed by atoms with Crippen LogP contribution in [0.3, 0.4) is 0 Å². The maximum Gasteiger partial charge on any atom is 0.255 e. The molecule has 2 amide bonds. The van der Waals surface area contributed by atoms with Crippen molar-refractivity contribution < 1.29 is 9.59 Å². The van der Waals surface area contributed by atoms with Gasteiger partial charge in [-0.2, -0.15) is 0 Å². The number of aryl methyl sites for hydroxylation is 1. The number of carbonyl (C=O) groups excluding carboxylic acids is 2. The van der Waals surface area contributed by atoms with Gasteiger partial charge >= 0.3 is 0 Å². The average Bonchev–Trinajstić information content (AvgIpc) is 3.01. The van der Waals surface area contributed by atoms with E-state index in [1.165, 1.54) is 5.56 Å². The fraction of sp³-hybridized carbons (Fsp3) is 0.263. The summed E-state index contributed by atoms with van der Waals surface area (Å²) in [6.07, 6.45) is 2.48. The second-order valence-corrected chi connectivity index (χ2v) is 5.70. The van der Waals surface area contributed by atoms with Gasteiger partial charge in [-0.1, -0.05) is 19.1 Å². The van der Waals surface area contributed by atoms with Crippen molar-refractivity contribution in [1.82, 2.24) is 0 Å². The molecule has 0 saturated carbocycles. The van der Waals surface area contributed by atoms with Gasteiger partial charge in [0.25, 0.3) is 5.91 Å². The lowest BCUT2D eigenvalue weighted by Crippen LogP contribution is -2.23. The zero-order valence-corrected chi connectivity index (χ0v) is 13.2. The summed E-state index contributed by atoms with van der Waals surface area (Å²) in [6.45, 7) is 2.86. The van der Waals surface area contributed by atoms with E-state index in [1.807, 2.05) is 48.5 Å². The third kappa shape index (κ3) is 3.42. The molecule has 1 aliphatic heterocycles. The van der Waals surface area contributed by atoms with Gasteiger partial charge in [-0.15, -0.1) is 0 Å². The minimum absolute atomic E-state index is 0.127. The number of benzene rings is 2. The second-order valence-electron chi connectivity index (χ2n) is 5.70. The molecule has 118 valence electrons. The molecule has 0 radical (unpaired) electrons. The molecule has 0 aromatic heterocycles.